The van der Waals surface area contributed by atoms with Crippen molar-refractivity contribution in [3.8, 4) is 0 Å². The molecule has 20 heavy (non-hydrogen) atoms. The van der Waals surface area contributed by atoms with E-state index in [1.807, 2.05) is 30.3 Å². The van der Waals surface area contributed by atoms with Gasteiger partial charge in [0, 0.05) is 15.8 Å². The van der Waals surface area contributed by atoms with E-state index in [-0.39, 0.29) is 5.78 Å². The molecule has 0 N–H and O–H groups in total. The third kappa shape index (κ3) is 3.97. The zero-order valence-corrected chi connectivity index (χ0v) is 14.1. The molecular weight excluding hydrogens is 332 g/mol. The summed E-state index contributed by atoms with van der Waals surface area (Å²) in [6.45, 7) is 4.13. The zero-order valence-electron chi connectivity index (χ0n) is 11.7. The van der Waals surface area contributed by atoms with E-state index in [2.05, 4.69) is 41.9 Å². The van der Waals surface area contributed by atoms with Crippen LogP contribution < -0.4 is 0 Å². The smallest absolute Gasteiger partial charge is 0.147 e. The molecule has 1 nitrogen and oxygen atoms in total. The number of hydrogen-bond acceptors (Lipinski definition) is 2. The van der Waals surface area contributed by atoms with Gasteiger partial charge in [0.1, 0.15) is 5.78 Å². The van der Waals surface area contributed by atoms with Crippen LogP contribution in [0, 0.1) is 13.8 Å². The van der Waals surface area contributed by atoms with Gasteiger partial charge in [-0.05, 0) is 58.6 Å². The predicted molar refractivity (Wildman–Crippen MR) is 89.5 cm³/mol. The van der Waals surface area contributed by atoms with Gasteiger partial charge in [0.25, 0.3) is 0 Å². The molecule has 0 unspecified atom stereocenters. The van der Waals surface area contributed by atoms with E-state index in [1.165, 1.54) is 16.7 Å². The third-order valence-corrected chi connectivity index (χ3v) is 5.33. The molecule has 2 aromatic rings. The molecule has 0 radical (unpaired) electrons. The fourth-order valence-electron chi connectivity index (χ4n) is 2.10. The van der Waals surface area contributed by atoms with Gasteiger partial charge in [-0.25, -0.2) is 0 Å². The summed E-state index contributed by atoms with van der Waals surface area (Å²) in [5.74, 6) is 0.777. The van der Waals surface area contributed by atoms with E-state index in [4.69, 9.17) is 0 Å². The predicted octanol–water partition coefficient (Wildman–Crippen LogP) is 4.97. The Hall–Kier alpha value is -1.06. The fourth-order valence-corrected chi connectivity index (χ4v) is 3.52. The van der Waals surface area contributed by atoms with Crippen molar-refractivity contribution in [3.05, 3.63) is 63.6 Å². The summed E-state index contributed by atoms with van der Waals surface area (Å²) in [5.41, 5.74) is 3.57. The molecule has 3 heteroatoms. The van der Waals surface area contributed by atoms with Gasteiger partial charge in [0.15, 0.2) is 0 Å². The molecule has 104 valence electrons. The topological polar surface area (TPSA) is 17.1 Å². The molecule has 0 atom stereocenters. The average Bonchev–Trinajstić information content (AvgIpc) is 2.42. The van der Waals surface area contributed by atoms with Crippen LogP contribution in [0.1, 0.15) is 16.7 Å². The van der Waals surface area contributed by atoms with Crippen molar-refractivity contribution in [3.63, 3.8) is 0 Å². The summed E-state index contributed by atoms with van der Waals surface area (Å²) in [6.07, 6.45) is 0.524. The summed E-state index contributed by atoms with van der Waals surface area (Å²) < 4.78 is 1.05. The maximum atomic E-state index is 12.2. The molecule has 0 heterocycles. The lowest BCUT2D eigenvalue weighted by atomic mass is 9.99. The number of benzene rings is 2. The number of hydrogen-bond donors (Lipinski definition) is 0. The van der Waals surface area contributed by atoms with Crippen LogP contribution in [0.25, 0.3) is 0 Å². The molecule has 2 rings (SSSR count). The first-order chi connectivity index (χ1) is 9.58. The third-order valence-electron chi connectivity index (χ3n) is 3.24. The first kappa shape index (κ1) is 15.3. The number of halogens is 1. The van der Waals surface area contributed by atoms with E-state index >= 15 is 0 Å². The van der Waals surface area contributed by atoms with E-state index < -0.39 is 0 Å². The molecule has 0 bridgehead atoms. The van der Waals surface area contributed by atoms with Gasteiger partial charge in [-0.3, -0.25) is 4.79 Å². The van der Waals surface area contributed by atoms with Gasteiger partial charge in [0.2, 0.25) is 0 Å². The lowest BCUT2D eigenvalue weighted by Crippen LogP contribution is -2.08. The second-order valence-electron chi connectivity index (χ2n) is 4.80. The normalized spacial score (nSPS) is 10.6. The molecule has 0 aromatic heterocycles. The Balaban J connectivity index is 1.98. The number of Topliss-reactive ketones (excluding diaryl/α,β-unsaturated/α-hetero) is 1. The lowest BCUT2D eigenvalue weighted by molar-refractivity contribution is -0.116. The molecule has 0 fully saturated rings. The fraction of sp³-hybridized carbons (Fsp3) is 0.235. The Bertz CT molecular complexity index is 602. The molecule has 0 saturated heterocycles. The van der Waals surface area contributed by atoms with Crippen molar-refractivity contribution in [2.75, 3.05) is 5.75 Å². The molecule has 0 spiro atoms. The first-order valence-electron chi connectivity index (χ1n) is 6.52. The first-order valence-corrected chi connectivity index (χ1v) is 8.30. The molecule has 0 amide bonds. The average molecular weight is 349 g/mol. The van der Waals surface area contributed by atoms with E-state index in [9.17, 15) is 4.79 Å². The number of thioether (sulfide) groups is 1. The van der Waals surface area contributed by atoms with Crippen LogP contribution >= 0.6 is 27.7 Å². The SMILES string of the molecule is Cc1cccc(C)c1CC(=O)CSc1ccccc1Br. The maximum Gasteiger partial charge on any atom is 0.147 e. The van der Waals surface area contributed by atoms with Crippen LogP contribution in [0.2, 0.25) is 0 Å². The highest BCUT2D eigenvalue weighted by molar-refractivity contribution is 9.10. The Morgan fingerprint density at radius 1 is 1.05 bits per heavy atom. The molecule has 0 aliphatic rings. The second kappa shape index (κ2) is 7.09. The van der Waals surface area contributed by atoms with Gasteiger partial charge >= 0.3 is 0 Å². The van der Waals surface area contributed by atoms with Crippen LogP contribution in [0.3, 0.4) is 0 Å². The molecule has 0 aliphatic heterocycles. The van der Waals surface area contributed by atoms with Gasteiger partial charge in [0.05, 0.1) is 5.75 Å². The van der Waals surface area contributed by atoms with Crippen LogP contribution in [0.4, 0.5) is 0 Å². The van der Waals surface area contributed by atoms with Crippen LogP contribution in [-0.4, -0.2) is 11.5 Å². The summed E-state index contributed by atoms with van der Waals surface area (Å²) in [6, 6.07) is 14.2. The van der Waals surface area contributed by atoms with Crippen LogP contribution in [0.5, 0.6) is 0 Å². The van der Waals surface area contributed by atoms with Gasteiger partial charge in [-0.15, -0.1) is 11.8 Å². The van der Waals surface area contributed by atoms with Gasteiger partial charge in [-0.1, -0.05) is 30.3 Å². The standard InChI is InChI=1S/C17H17BrOS/c1-12-6-5-7-13(2)15(12)10-14(19)11-20-17-9-4-3-8-16(17)18/h3-9H,10-11H2,1-2H3. The van der Waals surface area contributed by atoms with Gasteiger partial charge in [-0.2, -0.15) is 0 Å². The van der Waals surface area contributed by atoms with Crippen molar-refractivity contribution in [1.29, 1.82) is 0 Å². The zero-order chi connectivity index (χ0) is 14.5. The molecule has 0 saturated carbocycles. The van der Waals surface area contributed by atoms with Crippen molar-refractivity contribution in [1.82, 2.24) is 0 Å². The number of rotatable bonds is 5. The Morgan fingerprint density at radius 3 is 2.35 bits per heavy atom. The Labute approximate surface area is 132 Å². The number of carbonyl (C=O) groups excluding carboxylic acids is 1. The highest BCUT2D eigenvalue weighted by Gasteiger charge is 2.10. The monoisotopic (exact) mass is 348 g/mol. The summed E-state index contributed by atoms with van der Waals surface area (Å²) in [4.78, 5) is 13.3. The van der Waals surface area contributed by atoms with Crippen molar-refractivity contribution >= 4 is 33.5 Å². The van der Waals surface area contributed by atoms with Crippen LogP contribution in [0.15, 0.2) is 51.8 Å². The highest BCUT2D eigenvalue weighted by atomic mass is 79.9. The van der Waals surface area contributed by atoms with Crippen LogP contribution in [-0.2, 0) is 11.2 Å². The minimum atomic E-state index is 0.267. The molecular formula is C17H17BrOS. The number of carbonyl (C=O) groups is 1. The van der Waals surface area contributed by atoms with Crippen molar-refractivity contribution in [2.24, 2.45) is 0 Å². The minimum absolute atomic E-state index is 0.267. The quantitative estimate of drug-likeness (QED) is 0.709. The van der Waals surface area contributed by atoms with Gasteiger partial charge < -0.3 is 0 Å². The molecule has 2 aromatic carbocycles. The second-order valence-corrected chi connectivity index (χ2v) is 6.68. The van der Waals surface area contributed by atoms with E-state index in [0.29, 0.717) is 12.2 Å². The number of aryl methyl sites for hydroxylation is 2. The van der Waals surface area contributed by atoms with Crippen molar-refractivity contribution in [2.45, 2.75) is 25.2 Å². The summed E-state index contributed by atoms with van der Waals surface area (Å²) in [7, 11) is 0. The Kier molecular flexibility index (Phi) is 5.44. The molecule has 0 aliphatic carbocycles. The summed E-state index contributed by atoms with van der Waals surface area (Å²) >= 11 is 5.09. The van der Waals surface area contributed by atoms with E-state index in [1.54, 1.807) is 11.8 Å². The highest BCUT2D eigenvalue weighted by Crippen LogP contribution is 2.27. The number of ketones is 1. The Morgan fingerprint density at radius 2 is 1.70 bits per heavy atom. The minimum Gasteiger partial charge on any atom is -0.298 e. The maximum absolute atomic E-state index is 12.2. The largest absolute Gasteiger partial charge is 0.298 e. The van der Waals surface area contributed by atoms with Crippen molar-refractivity contribution < 1.29 is 4.79 Å². The summed E-state index contributed by atoms with van der Waals surface area (Å²) in [5, 5.41) is 0. The lowest BCUT2D eigenvalue weighted by Gasteiger charge is -2.09. The van der Waals surface area contributed by atoms with E-state index in [0.717, 1.165) is 9.37 Å².